The third-order valence-electron chi connectivity index (χ3n) is 2.41. The Labute approximate surface area is 91.7 Å². The van der Waals surface area contributed by atoms with E-state index in [4.69, 9.17) is 15.9 Å². The highest BCUT2D eigenvalue weighted by molar-refractivity contribution is 5.77. The van der Waals surface area contributed by atoms with Crippen molar-refractivity contribution >= 4 is 5.84 Å². The van der Waals surface area contributed by atoms with Gasteiger partial charge >= 0.3 is 0 Å². The highest BCUT2D eigenvalue weighted by Gasteiger charge is 2.16. The maximum atomic E-state index is 9.55. The molecule has 15 heavy (non-hydrogen) atoms. The first-order valence-electron chi connectivity index (χ1n) is 5.21. The molecule has 0 aliphatic rings. The summed E-state index contributed by atoms with van der Waals surface area (Å²) in [5, 5.41) is 16.8. The van der Waals surface area contributed by atoms with E-state index in [1.165, 1.54) is 0 Å². The second-order valence-electron chi connectivity index (χ2n) is 3.84. The minimum atomic E-state index is -0.485. The molecule has 0 fully saturated rings. The fourth-order valence-electron chi connectivity index (χ4n) is 1.59. The fourth-order valence-corrected chi connectivity index (χ4v) is 1.59. The number of hydrogen-bond acceptors (Lipinski definition) is 4. The highest BCUT2D eigenvalue weighted by atomic mass is 16.5. The van der Waals surface area contributed by atoms with E-state index in [1.807, 2.05) is 18.9 Å². The van der Waals surface area contributed by atoms with E-state index in [-0.39, 0.29) is 11.9 Å². The summed E-state index contributed by atoms with van der Waals surface area (Å²) in [5.74, 6) is 0.190. The molecular formula is C10H23N3O2. The van der Waals surface area contributed by atoms with Crippen LogP contribution in [-0.2, 0) is 4.74 Å². The molecule has 0 radical (unpaired) electrons. The van der Waals surface area contributed by atoms with Crippen molar-refractivity contribution in [2.24, 2.45) is 5.73 Å². The molecule has 90 valence electrons. The van der Waals surface area contributed by atoms with Gasteiger partial charge in [0, 0.05) is 26.1 Å². The second kappa shape index (κ2) is 7.62. The molecule has 0 saturated heterocycles. The molecule has 5 nitrogen and oxygen atoms in total. The lowest BCUT2D eigenvalue weighted by molar-refractivity contribution is 0.0344. The normalized spacial score (nSPS) is 15.3. The number of aliphatic hydroxyl groups excluding tert-OH is 1. The molecular weight excluding hydrogens is 194 g/mol. The van der Waals surface area contributed by atoms with Gasteiger partial charge in [-0.2, -0.15) is 0 Å². The topological polar surface area (TPSA) is 82.6 Å². The van der Waals surface area contributed by atoms with Gasteiger partial charge in [-0.05, 0) is 13.5 Å². The Morgan fingerprint density at radius 1 is 1.60 bits per heavy atom. The molecule has 0 spiro atoms. The Hall–Kier alpha value is -0.650. The molecule has 4 N–H and O–H groups in total. The molecule has 0 amide bonds. The summed E-state index contributed by atoms with van der Waals surface area (Å²) in [7, 11) is 3.49. The van der Waals surface area contributed by atoms with Gasteiger partial charge in [0.1, 0.15) is 0 Å². The van der Waals surface area contributed by atoms with Crippen molar-refractivity contribution in [2.45, 2.75) is 31.9 Å². The average Bonchev–Trinajstić information content (AvgIpc) is 2.13. The molecule has 0 saturated carbocycles. The first-order valence-corrected chi connectivity index (χ1v) is 5.21. The van der Waals surface area contributed by atoms with Crippen LogP contribution in [-0.4, -0.2) is 55.3 Å². The zero-order valence-corrected chi connectivity index (χ0v) is 9.86. The Bertz CT molecular complexity index is 188. The van der Waals surface area contributed by atoms with E-state index >= 15 is 0 Å². The van der Waals surface area contributed by atoms with Gasteiger partial charge in [0.05, 0.1) is 18.5 Å². The van der Waals surface area contributed by atoms with Gasteiger partial charge in [-0.25, -0.2) is 0 Å². The number of nitrogens with one attached hydrogen (secondary N) is 1. The van der Waals surface area contributed by atoms with Crippen molar-refractivity contribution in [3.8, 4) is 0 Å². The Morgan fingerprint density at radius 3 is 2.60 bits per heavy atom. The maximum Gasteiger partial charge on any atom is 0.0921 e. The number of ether oxygens (including phenoxy) is 1. The molecule has 0 bridgehead atoms. The van der Waals surface area contributed by atoms with Crippen molar-refractivity contribution in [1.29, 1.82) is 5.41 Å². The summed E-state index contributed by atoms with van der Waals surface area (Å²) in [6.45, 7) is 2.92. The molecule has 2 atom stereocenters. The monoisotopic (exact) mass is 217 g/mol. The number of rotatable bonds is 8. The lowest BCUT2D eigenvalue weighted by Gasteiger charge is -2.28. The molecule has 0 aromatic carbocycles. The number of likely N-dealkylation sites (N-methyl/N-ethyl adjacent to an activating group) is 1. The van der Waals surface area contributed by atoms with Gasteiger partial charge in [0.25, 0.3) is 0 Å². The average molecular weight is 217 g/mol. The first-order chi connectivity index (χ1) is 7.01. The van der Waals surface area contributed by atoms with Crippen LogP contribution in [0.1, 0.15) is 19.8 Å². The molecule has 0 heterocycles. The van der Waals surface area contributed by atoms with Crippen LogP contribution in [0.25, 0.3) is 0 Å². The van der Waals surface area contributed by atoms with Crippen molar-refractivity contribution < 1.29 is 9.84 Å². The standard InChI is InChI=1S/C10H23N3O2/c1-4-8(5-10(11)12)13(2)6-9(14)7-15-3/h8-9,14H,4-7H2,1-3H3,(H3,11,12). The lowest BCUT2D eigenvalue weighted by Crippen LogP contribution is -2.40. The van der Waals surface area contributed by atoms with Gasteiger partial charge in [-0.3, -0.25) is 5.41 Å². The van der Waals surface area contributed by atoms with Crippen molar-refractivity contribution in [3.63, 3.8) is 0 Å². The molecule has 0 aromatic heterocycles. The molecule has 2 unspecified atom stereocenters. The highest BCUT2D eigenvalue weighted by Crippen LogP contribution is 2.07. The zero-order valence-electron chi connectivity index (χ0n) is 9.86. The lowest BCUT2D eigenvalue weighted by atomic mass is 10.1. The predicted octanol–water partition coefficient (Wildman–Crippen LogP) is 0.0302. The SMILES string of the molecule is CCC(CC(=N)N)N(C)CC(O)COC. The summed E-state index contributed by atoms with van der Waals surface area (Å²) in [6, 6.07) is 0.217. The fraction of sp³-hybridized carbons (Fsp3) is 0.900. The predicted molar refractivity (Wildman–Crippen MR) is 61.1 cm³/mol. The third kappa shape index (κ3) is 6.43. The summed E-state index contributed by atoms with van der Waals surface area (Å²) in [6.07, 6.45) is 0.976. The summed E-state index contributed by atoms with van der Waals surface area (Å²) in [5.41, 5.74) is 5.37. The van der Waals surface area contributed by atoms with E-state index in [0.717, 1.165) is 6.42 Å². The van der Waals surface area contributed by atoms with E-state index in [2.05, 4.69) is 0 Å². The minimum Gasteiger partial charge on any atom is -0.389 e. The Morgan fingerprint density at radius 2 is 2.20 bits per heavy atom. The van der Waals surface area contributed by atoms with E-state index in [1.54, 1.807) is 7.11 Å². The van der Waals surface area contributed by atoms with Crippen LogP contribution in [0.4, 0.5) is 0 Å². The van der Waals surface area contributed by atoms with E-state index in [9.17, 15) is 5.11 Å². The van der Waals surface area contributed by atoms with Gasteiger partial charge in [-0.1, -0.05) is 6.92 Å². The number of aliphatic hydroxyl groups is 1. The molecule has 5 heteroatoms. The van der Waals surface area contributed by atoms with Crippen LogP contribution in [0.2, 0.25) is 0 Å². The van der Waals surface area contributed by atoms with Crippen LogP contribution in [0, 0.1) is 5.41 Å². The smallest absolute Gasteiger partial charge is 0.0921 e. The van der Waals surface area contributed by atoms with E-state index in [0.29, 0.717) is 19.6 Å². The third-order valence-corrected chi connectivity index (χ3v) is 2.41. The quantitative estimate of drug-likeness (QED) is 0.396. The minimum absolute atomic E-state index is 0.190. The number of amidine groups is 1. The maximum absolute atomic E-state index is 9.55. The largest absolute Gasteiger partial charge is 0.389 e. The summed E-state index contributed by atoms with van der Waals surface area (Å²) >= 11 is 0. The van der Waals surface area contributed by atoms with E-state index < -0.39 is 6.10 Å². The number of nitrogens with two attached hydrogens (primary N) is 1. The number of nitrogens with zero attached hydrogens (tertiary/aromatic N) is 1. The first kappa shape index (κ1) is 14.3. The van der Waals surface area contributed by atoms with Gasteiger partial charge < -0.3 is 20.5 Å². The molecule has 0 aliphatic heterocycles. The number of hydrogen-bond donors (Lipinski definition) is 3. The molecule has 0 aromatic rings. The molecule has 0 aliphatic carbocycles. The van der Waals surface area contributed by atoms with Crippen molar-refractivity contribution in [2.75, 3.05) is 27.3 Å². The van der Waals surface area contributed by atoms with Crippen molar-refractivity contribution in [3.05, 3.63) is 0 Å². The molecule has 0 rings (SSSR count). The number of methoxy groups -OCH3 is 1. The second-order valence-corrected chi connectivity index (χ2v) is 3.84. The van der Waals surface area contributed by atoms with Gasteiger partial charge in [0.2, 0.25) is 0 Å². The Balaban J connectivity index is 4.02. The van der Waals surface area contributed by atoms with Crippen LogP contribution in [0.3, 0.4) is 0 Å². The van der Waals surface area contributed by atoms with Crippen LogP contribution < -0.4 is 5.73 Å². The summed E-state index contributed by atoms with van der Waals surface area (Å²) in [4.78, 5) is 2.02. The van der Waals surface area contributed by atoms with Gasteiger partial charge in [0.15, 0.2) is 0 Å². The zero-order chi connectivity index (χ0) is 11.8. The van der Waals surface area contributed by atoms with Gasteiger partial charge in [-0.15, -0.1) is 0 Å². The van der Waals surface area contributed by atoms with Crippen LogP contribution >= 0.6 is 0 Å². The summed E-state index contributed by atoms with van der Waals surface area (Å²) < 4.78 is 4.86. The Kier molecular flexibility index (Phi) is 7.29. The van der Waals surface area contributed by atoms with Crippen LogP contribution in [0.5, 0.6) is 0 Å². The van der Waals surface area contributed by atoms with Crippen molar-refractivity contribution in [1.82, 2.24) is 4.90 Å². The van der Waals surface area contributed by atoms with Crippen LogP contribution in [0.15, 0.2) is 0 Å².